The Bertz CT molecular complexity index is 2680. The predicted octanol–water partition coefficient (Wildman–Crippen LogP) is 12.8. The van der Waals surface area contributed by atoms with Crippen LogP contribution < -0.4 is 0 Å². The van der Waals surface area contributed by atoms with E-state index in [1.165, 1.54) is 88.4 Å². The number of nitrogens with zero attached hydrogens (tertiary/aromatic N) is 2. The molecular formula is C47H38N2. The normalized spacial score (nSPS) is 12.1. The summed E-state index contributed by atoms with van der Waals surface area (Å²) in [6.07, 6.45) is 0. The summed E-state index contributed by atoms with van der Waals surface area (Å²) in [7, 11) is 0. The molecule has 9 rings (SSSR count). The molecule has 0 N–H and O–H groups in total. The maximum Gasteiger partial charge on any atom is 0.0619 e. The lowest BCUT2D eigenvalue weighted by Crippen LogP contribution is -2.11. The van der Waals surface area contributed by atoms with Crippen LogP contribution >= 0.6 is 0 Å². The van der Waals surface area contributed by atoms with Crippen molar-refractivity contribution in [3.05, 3.63) is 169 Å². The summed E-state index contributed by atoms with van der Waals surface area (Å²) in [6.45, 7) is 9.20. The van der Waals surface area contributed by atoms with Gasteiger partial charge in [0.25, 0.3) is 0 Å². The number of hydrogen-bond donors (Lipinski definition) is 0. The molecule has 2 nitrogen and oxygen atoms in total. The average molecular weight is 631 g/mol. The minimum Gasteiger partial charge on any atom is -0.309 e. The lowest BCUT2D eigenvalue weighted by Gasteiger charge is -2.21. The third-order valence-electron chi connectivity index (χ3n) is 10.2. The molecule has 7 aromatic carbocycles. The van der Waals surface area contributed by atoms with E-state index >= 15 is 0 Å². The first-order valence-corrected chi connectivity index (χ1v) is 17.2. The van der Waals surface area contributed by atoms with Crippen LogP contribution in [0.25, 0.3) is 77.2 Å². The Morgan fingerprint density at radius 3 is 1.78 bits per heavy atom. The molecule has 0 aliphatic carbocycles. The minimum atomic E-state index is 0.0192. The number of benzene rings is 7. The van der Waals surface area contributed by atoms with Crippen LogP contribution in [-0.2, 0) is 5.41 Å². The summed E-state index contributed by atoms with van der Waals surface area (Å²) in [5, 5.41) is 5.23. The summed E-state index contributed by atoms with van der Waals surface area (Å²) in [4.78, 5) is 0. The Morgan fingerprint density at radius 2 is 1.00 bits per heavy atom. The molecule has 0 amide bonds. The second-order valence-electron chi connectivity index (χ2n) is 14.2. The predicted molar refractivity (Wildman–Crippen MR) is 209 cm³/mol. The van der Waals surface area contributed by atoms with Gasteiger partial charge in [0.05, 0.1) is 27.8 Å². The third kappa shape index (κ3) is 4.55. The molecule has 0 aliphatic heterocycles. The van der Waals surface area contributed by atoms with Crippen LogP contribution in [0.15, 0.2) is 158 Å². The van der Waals surface area contributed by atoms with Crippen LogP contribution in [0.5, 0.6) is 0 Å². The maximum absolute atomic E-state index is 2.48. The van der Waals surface area contributed by atoms with E-state index in [1.54, 1.807) is 0 Å². The van der Waals surface area contributed by atoms with Gasteiger partial charge in [-0.3, -0.25) is 0 Å². The number of aryl methyl sites for hydroxylation is 1. The number of para-hydroxylation sites is 4. The summed E-state index contributed by atoms with van der Waals surface area (Å²) < 4.78 is 4.90. The van der Waals surface area contributed by atoms with Gasteiger partial charge in [-0.2, -0.15) is 0 Å². The molecule has 0 saturated carbocycles. The molecule has 0 atom stereocenters. The fourth-order valence-corrected chi connectivity index (χ4v) is 8.01. The molecule has 0 bridgehead atoms. The van der Waals surface area contributed by atoms with Crippen molar-refractivity contribution in [3.63, 3.8) is 0 Å². The number of aromatic nitrogens is 2. The van der Waals surface area contributed by atoms with Crippen LogP contribution in [-0.4, -0.2) is 9.13 Å². The summed E-state index contributed by atoms with van der Waals surface area (Å²) in [5.74, 6) is 0. The van der Waals surface area contributed by atoms with Crippen molar-refractivity contribution in [1.29, 1.82) is 0 Å². The second kappa shape index (κ2) is 11.1. The fourth-order valence-electron chi connectivity index (χ4n) is 8.01. The summed E-state index contributed by atoms with van der Waals surface area (Å²) >= 11 is 0. The second-order valence-corrected chi connectivity index (χ2v) is 14.2. The summed E-state index contributed by atoms with van der Waals surface area (Å²) in [5.41, 5.74) is 14.9. The highest BCUT2D eigenvalue weighted by atomic mass is 15.0. The highest BCUT2D eigenvalue weighted by molar-refractivity contribution is 6.14. The zero-order chi connectivity index (χ0) is 33.3. The topological polar surface area (TPSA) is 9.86 Å². The van der Waals surface area contributed by atoms with E-state index in [1.807, 2.05) is 0 Å². The molecule has 2 heteroatoms. The molecule has 0 radical (unpaired) electrons. The number of rotatable bonds is 4. The first-order valence-electron chi connectivity index (χ1n) is 17.2. The highest BCUT2D eigenvalue weighted by Crippen LogP contribution is 2.43. The van der Waals surface area contributed by atoms with Crippen molar-refractivity contribution in [3.8, 4) is 33.6 Å². The van der Waals surface area contributed by atoms with Gasteiger partial charge in [-0.05, 0) is 71.0 Å². The molecule has 2 aromatic heterocycles. The van der Waals surface area contributed by atoms with Crippen LogP contribution in [0.3, 0.4) is 0 Å². The largest absolute Gasteiger partial charge is 0.309 e. The fraction of sp³-hybridized carbons (Fsp3) is 0.106. The van der Waals surface area contributed by atoms with Crippen molar-refractivity contribution >= 4 is 43.6 Å². The first kappa shape index (κ1) is 29.3. The maximum atomic E-state index is 2.48. The van der Waals surface area contributed by atoms with Crippen molar-refractivity contribution in [2.24, 2.45) is 0 Å². The molecule has 236 valence electrons. The van der Waals surface area contributed by atoms with Crippen molar-refractivity contribution in [1.82, 2.24) is 9.13 Å². The van der Waals surface area contributed by atoms with Crippen molar-refractivity contribution in [2.75, 3.05) is 0 Å². The molecule has 9 aromatic rings. The molecule has 0 saturated heterocycles. The van der Waals surface area contributed by atoms with E-state index < -0.39 is 0 Å². The highest BCUT2D eigenvalue weighted by Gasteiger charge is 2.24. The van der Waals surface area contributed by atoms with E-state index in [-0.39, 0.29) is 5.41 Å². The first-order chi connectivity index (χ1) is 23.9. The standard InChI is InChI=1S/C47H38N2/c1-31-15-12-25-42-44(31)45-39(47(2,3)4)22-14-26-43(45)49(42)40-23-10-8-18-35(40)32-27-29-33(30-28-32)36-20-13-21-38-37-19-9-11-24-41(37)48(46(36)38)34-16-6-5-7-17-34/h5-30H,1-4H3. The Kier molecular flexibility index (Phi) is 6.64. The van der Waals surface area contributed by atoms with Crippen LogP contribution in [0.1, 0.15) is 31.9 Å². The summed E-state index contributed by atoms with van der Waals surface area (Å²) in [6, 6.07) is 57.7. The zero-order valence-corrected chi connectivity index (χ0v) is 28.4. The monoisotopic (exact) mass is 630 g/mol. The van der Waals surface area contributed by atoms with E-state index in [4.69, 9.17) is 0 Å². The van der Waals surface area contributed by atoms with E-state index in [0.717, 1.165) is 0 Å². The Morgan fingerprint density at radius 1 is 0.429 bits per heavy atom. The minimum absolute atomic E-state index is 0.0192. The molecule has 0 fully saturated rings. The van der Waals surface area contributed by atoms with Gasteiger partial charge >= 0.3 is 0 Å². The molecule has 49 heavy (non-hydrogen) atoms. The molecule has 0 spiro atoms. The van der Waals surface area contributed by atoms with Crippen LogP contribution in [0.2, 0.25) is 0 Å². The SMILES string of the molecule is Cc1cccc2c1c1c(C(C)(C)C)cccc1n2-c1ccccc1-c1ccc(-c2cccc3c4ccccc4n(-c4ccccc4)c23)cc1. The Hall–Kier alpha value is -5.86. The van der Waals surface area contributed by atoms with Gasteiger partial charge in [0.2, 0.25) is 0 Å². The van der Waals surface area contributed by atoms with Crippen molar-refractivity contribution in [2.45, 2.75) is 33.1 Å². The average Bonchev–Trinajstić information content (AvgIpc) is 3.65. The van der Waals surface area contributed by atoms with Gasteiger partial charge in [-0.15, -0.1) is 0 Å². The van der Waals surface area contributed by atoms with Crippen LogP contribution in [0, 0.1) is 6.92 Å². The lowest BCUT2D eigenvalue weighted by molar-refractivity contribution is 0.596. The molecular weight excluding hydrogens is 593 g/mol. The Balaban J connectivity index is 1.23. The van der Waals surface area contributed by atoms with Gasteiger partial charge in [0.15, 0.2) is 0 Å². The van der Waals surface area contributed by atoms with Gasteiger partial charge in [-0.25, -0.2) is 0 Å². The van der Waals surface area contributed by atoms with Crippen LogP contribution in [0.4, 0.5) is 0 Å². The zero-order valence-electron chi connectivity index (χ0n) is 28.4. The smallest absolute Gasteiger partial charge is 0.0619 e. The van der Waals surface area contributed by atoms with Gasteiger partial charge in [0, 0.05) is 38.4 Å². The third-order valence-corrected chi connectivity index (χ3v) is 10.2. The van der Waals surface area contributed by atoms with Gasteiger partial charge in [-0.1, -0.05) is 142 Å². The van der Waals surface area contributed by atoms with Gasteiger partial charge < -0.3 is 9.13 Å². The number of fused-ring (bicyclic) bond motifs is 6. The molecule has 2 heterocycles. The molecule has 0 unspecified atom stereocenters. The number of hydrogen-bond acceptors (Lipinski definition) is 0. The van der Waals surface area contributed by atoms with Gasteiger partial charge in [0.1, 0.15) is 0 Å². The lowest BCUT2D eigenvalue weighted by atomic mass is 9.84. The van der Waals surface area contributed by atoms with E-state index in [0.29, 0.717) is 0 Å². The Labute approximate surface area is 287 Å². The quantitative estimate of drug-likeness (QED) is 0.183. The van der Waals surface area contributed by atoms with E-state index in [9.17, 15) is 0 Å². The van der Waals surface area contributed by atoms with Crippen molar-refractivity contribution < 1.29 is 0 Å². The molecule has 0 aliphatic rings. The van der Waals surface area contributed by atoms with E-state index in [2.05, 4.69) is 195 Å².